The highest BCUT2D eigenvalue weighted by Gasteiger charge is 2.61. The number of aliphatic hydroxyl groups is 1. The van der Waals surface area contributed by atoms with Crippen molar-refractivity contribution in [3.05, 3.63) is 18.6 Å². The summed E-state index contributed by atoms with van der Waals surface area (Å²) in [6.45, 7) is 10.4. The maximum absolute atomic E-state index is 12.4. The van der Waals surface area contributed by atoms with Crippen LogP contribution in [-0.2, 0) is 9.59 Å². The zero-order valence-electron chi connectivity index (χ0n) is 17.2. The molecule has 0 bridgehead atoms. The highest BCUT2D eigenvalue weighted by atomic mass is 16.3. The summed E-state index contributed by atoms with van der Waals surface area (Å²) in [5.41, 5.74) is 1.33. The lowest BCUT2D eigenvalue weighted by molar-refractivity contribution is -0.133. The predicted molar refractivity (Wildman–Crippen MR) is 106 cm³/mol. The lowest BCUT2D eigenvalue weighted by atomic mass is 9.44. The summed E-state index contributed by atoms with van der Waals surface area (Å²) in [5, 5.41) is 10.8. The SMILES string of the molecule is [CH2]CC(O)C1CC(=O)C=C2CC[C@H]3[C@@H]4CC[C@H](C(C)=O)[C@@]4(C)CC[C@@H]3[C@]21C. The van der Waals surface area contributed by atoms with Gasteiger partial charge < -0.3 is 5.11 Å². The van der Waals surface area contributed by atoms with E-state index < -0.39 is 6.10 Å². The van der Waals surface area contributed by atoms with E-state index in [4.69, 9.17) is 0 Å². The maximum Gasteiger partial charge on any atom is 0.156 e. The molecule has 3 heteroatoms. The van der Waals surface area contributed by atoms with Gasteiger partial charge in [-0.3, -0.25) is 9.59 Å². The molecule has 0 aliphatic heterocycles. The summed E-state index contributed by atoms with van der Waals surface area (Å²) in [6, 6.07) is 0. The molecule has 8 atom stereocenters. The van der Waals surface area contributed by atoms with Crippen LogP contribution in [0.3, 0.4) is 0 Å². The molecule has 0 aromatic carbocycles. The number of carbonyl (C=O) groups excluding carboxylic acids is 2. The fraction of sp³-hybridized carbons (Fsp3) is 0.792. The van der Waals surface area contributed by atoms with Crippen LogP contribution in [0.1, 0.15) is 72.1 Å². The van der Waals surface area contributed by atoms with E-state index in [1.165, 1.54) is 12.0 Å². The van der Waals surface area contributed by atoms with Crippen LogP contribution in [0.25, 0.3) is 0 Å². The van der Waals surface area contributed by atoms with Gasteiger partial charge in [-0.1, -0.05) is 26.3 Å². The Morgan fingerprint density at radius 1 is 1.26 bits per heavy atom. The van der Waals surface area contributed by atoms with E-state index in [9.17, 15) is 14.7 Å². The van der Waals surface area contributed by atoms with Gasteiger partial charge in [0.05, 0.1) is 6.10 Å². The molecule has 4 aliphatic carbocycles. The summed E-state index contributed by atoms with van der Waals surface area (Å²) in [6.07, 6.45) is 8.85. The number of Topliss-reactive ketones (excluding diaryl/α,β-unsaturated/α-hetero) is 1. The van der Waals surface area contributed by atoms with Crippen molar-refractivity contribution in [1.82, 2.24) is 0 Å². The number of hydrogen-bond donors (Lipinski definition) is 1. The van der Waals surface area contributed by atoms with Crippen LogP contribution < -0.4 is 0 Å². The molecule has 0 spiro atoms. The molecule has 0 aromatic rings. The van der Waals surface area contributed by atoms with Crippen LogP contribution in [-0.4, -0.2) is 22.8 Å². The van der Waals surface area contributed by atoms with Gasteiger partial charge in [0.25, 0.3) is 0 Å². The van der Waals surface area contributed by atoms with Crippen molar-refractivity contribution in [3.63, 3.8) is 0 Å². The maximum atomic E-state index is 12.4. The molecule has 0 saturated heterocycles. The van der Waals surface area contributed by atoms with Gasteiger partial charge in [0.1, 0.15) is 5.78 Å². The van der Waals surface area contributed by atoms with E-state index in [1.807, 2.05) is 6.08 Å². The fourth-order valence-electron chi connectivity index (χ4n) is 8.09. The molecule has 0 amide bonds. The summed E-state index contributed by atoms with van der Waals surface area (Å²) < 4.78 is 0. The Labute approximate surface area is 164 Å². The Balaban J connectivity index is 1.72. The molecule has 0 aromatic heterocycles. The van der Waals surface area contributed by atoms with Crippen LogP contribution in [0.4, 0.5) is 0 Å². The van der Waals surface area contributed by atoms with Crippen LogP contribution in [0.15, 0.2) is 11.6 Å². The molecular formula is C24H35O3. The molecule has 3 fully saturated rings. The topological polar surface area (TPSA) is 54.4 Å². The highest BCUT2D eigenvalue weighted by Crippen LogP contribution is 2.67. The third kappa shape index (κ3) is 2.63. The number of hydrogen-bond acceptors (Lipinski definition) is 3. The van der Waals surface area contributed by atoms with Gasteiger partial charge in [-0.25, -0.2) is 0 Å². The van der Waals surface area contributed by atoms with E-state index in [-0.39, 0.29) is 28.4 Å². The number of allylic oxidation sites excluding steroid dienone is 1. The highest BCUT2D eigenvalue weighted by molar-refractivity contribution is 5.92. The number of rotatable bonds is 3. The molecular weight excluding hydrogens is 336 g/mol. The Hall–Kier alpha value is -0.960. The zero-order chi connectivity index (χ0) is 19.6. The van der Waals surface area contributed by atoms with Crippen molar-refractivity contribution < 1.29 is 14.7 Å². The van der Waals surface area contributed by atoms with Gasteiger partial charge in [-0.15, -0.1) is 0 Å². The lowest BCUT2D eigenvalue weighted by Crippen LogP contribution is -2.55. The number of ketones is 2. The third-order valence-corrected chi connectivity index (χ3v) is 9.42. The fourth-order valence-corrected chi connectivity index (χ4v) is 8.09. The summed E-state index contributed by atoms with van der Waals surface area (Å²) in [4.78, 5) is 24.6. The van der Waals surface area contributed by atoms with E-state index >= 15 is 0 Å². The Morgan fingerprint density at radius 3 is 2.67 bits per heavy atom. The predicted octanol–water partition coefficient (Wildman–Crippen LogP) is 4.53. The quantitative estimate of drug-likeness (QED) is 0.793. The second-order valence-electron chi connectivity index (χ2n) is 10.3. The first-order valence-corrected chi connectivity index (χ1v) is 10.9. The van der Waals surface area contributed by atoms with Crippen molar-refractivity contribution in [1.29, 1.82) is 0 Å². The van der Waals surface area contributed by atoms with Crippen LogP contribution >= 0.6 is 0 Å². The first kappa shape index (κ1) is 19.4. The number of carbonyl (C=O) groups is 2. The van der Waals surface area contributed by atoms with Gasteiger partial charge in [0.2, 0.25) is 0 Å². The molecule has 149 valence electrons. The summed E-state index contributed by atoms with van der Waals surface area (Å²) in [5.74, 6) is 2.50. The molecule has 1 N–H and O–H groups in total. The molecule has 4 rings (SSSR count). The van der Waals surface area contributed by atoms with E-state index in [0.717, 1.165) is 32.1 Å². The van der Waals surface area contributed by atoms with Gasteiger partial charge in [-0.05, 0) is 86.5 Å². The minimum Gasteiger partial charge on any atom is -0.393 e. The lowest BCUT2D eigenvalue weighted by Gasteiger charge is -2.60. The van der Waals surface area contributed by atoms with Gasteiger partial charge in [0, 0.05) is 18.3 Å². The van der Waals surface area contributed by atoms with Crippen LogP contribution in [0.5, 0.6) is 0 Å². The average Bonchev–Trinajstić information content (AvgIpc) is 2.98. The van der Waals surface area contributed by atoms with Gasteiger partial charge >= 0.3 is 0 Å². The standard InChI is InChI=1S/C24H35O3/c1-5-22(27)21-13-16(26)12-15-6-7-17-19-9-8-18(14(2)25)23(19,3)11-10-20(17)24(15,21)4/h12,17-22,27H,1,5-11,13H2,2-4H3/t17-,18+,19-,20-,21?,22?,23+,24-/m0/s1. The van der Waals surface area contributed by atoms with Crippen molar-refractivity contribution in [2.45, 2.75) is 78.2 Å². The van der Waals surface area contributed by atoms with Gasteiger partial charge in [-0.2, -0.15) is 0 Å². The van der Waals surface area contributed by atoms with Crippen molar-refractivity contribution in [3.8, 4) is 0 Å². The molecule has 1 radical (unpaired) electrons. The monoisotopic (exact) mass is 371 g/mol. The Bertz CT molecular complexity index is 679. The zero-order valence-corrected chi connectivity index (χ0v) is 17.2. The molecule has 2 unspecified atom stereocenters. The van der Waals surface area contributed by atoms with Crippen LogP contribution in [0.2, 0.25) is 0 Å². The van der Waals surface area contributed by atoms with E-state index in [2.05, 4.69) is 20.8 Å². The van der Waals surface area contributed by atoms with E-state index in [1.54, 1.807) is 6.92 Å². The first-order chi connectivity index (χ1) is 12.7. The Kier molecular flexibility index (Phi) is 4.69. The minimum absolute atomic E-state index is 0.00957. The second-order valence-corrected chi connectivity index (χ2v) is 10.3. The molecule has 4 aliphatic rings. The van der Waals surface area contributed by atoms with E-state index in [0.29, 0.717) is 36.4 Å². The van der Waals surface area contributed by atoms with Crippen molar-refractivity contribution >= 4 is 11.6 Å². The van der Waals surface area contributed by atoms with Crippen molar-refractivity contribution in [2.75, 3.05) is 0 Å². The summed E-state index contributed by atoms with van der Waals surface area (Å²) in [7, 11) is 0. The van der Waals surface area contributed by atoms with Crippen LogP contribution in [0, 0.1) is 47.3 Å². The number of fused-ring (bicyclic) bond motifs is 5. The molecule has 3 saturated carbocycles. The smallest absolute Gasteiger partial charge is 0.156 e. The Morgan fingerprint density at radius 2 is 2.00 bits per heavy atom. The largest absolute Gasteiger partial charge is 0.393 e. The molecule has 0 heterocycles. The third-order valence-electron chi connectivity index (χ3n) is 9.42. The molecule has 3 nitrogen and oxygen atoms in total. The average molecular weight is 372 g/mol. The normalized spacial score (nSPS) is 47.5. The van der Waals surface area contributed by atoms with Gasteiger partial charge in [0.15, 0.2) is 5.78 Å². The number of aliphatic hydroxyl groups excluding tert-OH is 1. The minimum atomic E-state index is -0.511. The second kappa shape index (κ2) is 6.54. The molecule has 27 heavy (non-hydrogen) atoms. The first-order valence-electron chi connectivity index (χ1n) is 10.9. The summed E-state index contributed by atoms with van der Waals surface area (Å²) >= 11 is 0. The van der Waals surface area contributed by atoms with Crippen molar-refractivity contribution in [2.24, 2.45) is 40.4 Å².